The topological polar surface area (TPSA) is 141 Å². The third-order valence-corrected chi connectivity index (χ3v) is 8.07. The van der Waals surface area contributed by atoms with Gasteiger partial charge in [0.1, 0.15) is 18.6 Å². The smallest absolute Gasteiger partial charge is 0.246 e. The Morgan fingerprint density at radius 1 is 0.711 bits per heavy atom. The van der Waals surface area contributed by atoms with Crippen molar-refractivity contribution in [3.05, 3.63) is 108 Å². The van der Waals surface area contributed by atoms with Gasteiger partial charge in [0.15, 0.2) is 0 Å². The molecule has 5 rings (SSSR count). The fraction of sp³-hybridized carbons (Fsp3) is 0.314. The Morgan fingerprint density at radius 2 is 1.36 bits per heavy atom. The lowest BCUT2D eigenvalue weighted by molar-refractivity contribution is -0.146. The number of aromatic amines is 1. The van der Waals surface area contributed by atoms with Crippen LogP contribution >= 0.6 is 0 Å². The lowest BCUT2D eigenvalue weighted by Crippen LogP contribution is -2.58. The summed E-state index contributed by atoms with van der Waals surface area (Å²) in [5, 5.41) is 6.73. The summed E-state index contributed by atoms with van der Waals surface area (Å²) in [6.07, 6.45) is 3.69. The standard InChI is InChI=1S/C35H40N6O4/c36-18-10-9-17-30-34(44)39-31(19-27-20-37-29-16-8-7-15-28(27)29)35(45)41(22-26-13-5-2-6-14-26)24-33(43)40(23-32(42)38-30)21-25-11-3-1-4-12-25/h1-8,11-16,20,30-31,37H,9-10,17-19,21-24,36H2,(H,38,42)(H,39,44)/t30-,31-/m0/s1. The van der Waals surface area contributed by atoms with E-state index in [-0.39, 0.29) is 44.4 Å². The number of rotatable bonds is 10. The maximum atomic E-state index is 14.4. The molecule has 0 radical (unpaired) electrons. The highest BCUT2D eigenvalue weighted by Gasteiger charge is 2.33. The summed E-state index contributed by atoms with van der Waals surface area (Å²) in [7, 11) is 0. The minimum absolute atomic E-state index is 0.164. The summed E-state index contributed by atoms with van der Waals surface area (Å²) in [6, 6.07) is 24.7. The molecule has 0 unspecified atom stereocenters. The third kappa shape index (κ3) is 8.36. The molecule has 1 aliphatic heterocycles. The van der Waals surface area contributed by atoms with E-state index < -0.39 is 23.9 Å². The summed E-state index contributed by atoms with van der Waals surface area (Å²) < 4.78 is 0. The fourth-order valence-electron chi connectivity index (χ4n) is 5.70. The minimum atomic E-state index is -0.982. The van der Waals surface area contributed by atoms with Crippen LogP contribution in [-0.2, 0) is 38.7 Å². The first-order chi connectivity index (χ1) is 21.9. The van der Waals surface area contributed by atoms with E-state index >= 15 is 0 Å². The summed E-state index contributed by atoms with van der Waals surface area (Å²) in [4.78, 5) is 61.7. The van der Waals surface area contributed by atoms with Crippen LogP contribution in [0.25, 0.3) is 10.9 Å². The number of hydrogen-bond donors (Lipinski definition) is 4. The van der Waals surface area contributed by atoms with E-state index in [2.05, 4.69) is 15.6 Å². The number of unbranched alkanes of at least 4 members (excludes halogenated alkanes) is 1. The molecule has 1 aromatic heterocycles. The number of nitrogens with one attached hydrogen (secondary N) is 3. The zero-order valence-corrected chi connectivity index (χ0v) is 25.3. The molecule has 0 spiro atoms. The average Bonchev–Trinajstić information content (AvgIpc) is 3.46. The first-order valence-electron chi connectivity index (χ1n) is 15.4. The van der Waals surface area contributed by atoms with E-state index in [4.69, 9.17) is 5.73 Å². The van der Waals surface area contributed by atoms with Crippen LogP contribution in [0.5, 0.6) is 0 Å². The molecule has 10 nitrogen and oxygen atoms in total. The Bertz CT molecular complexity index is 1610. The second-order valence-electron chi connectivity index (χ2n) is 11.4. The number of amides is 4. The zero-order valence-electron chi connectivity index (χ0n) is 25.3. The van der Waals surface area contributed by atoms with Crippen LogP contribution in [0.15, 0.2) is 91.1 Å². The molecule has 5 N–H and O–H groups in total. The third-order valence-electron chi connectivity index (χ3n) is 8.07. The Balaban J connectivity index is 1.52. The molecule has 1 fully saturated rings. The molecule has 1 saturated heterocycles. The minimum Gasteiger partial charge on any atom is -0.361 e. The van der Waals surface area contributed by atoms with E-state index in [9.17, 15) is 19.2 Å². The first-order valence-corrected chi connectivity index (χ1v) is 15.4. The summed E-state index contributed by atoms with van der Waals surface area (Å²) in [6.45, 7) is 0.298. The molecule has 1 aliphatic rings. The van der Waals surface area contributed by atoms with Crippen LogP contribution in [0.2, 0.25) is 0 Å². The Morgan fingerprint density at radius 3 is 2.04 bits per heavy atom. The normalized spacial score (nSPS) is 18.3. The quantitative estimate of drug-likeness (QED) is 0.205. The van der Waals surface area contributed by atoms with Crippen molar-refractivity contribution in [2.75, 3.05) is 19.6 Å². The van der Waals surface area contributed by atoms with Gasteiger partial charge in [-0.15, -0.1) is 0 Å². The number of carbonyl (C=O) groups is 4. The SMILES string of the molecule is NCCCC[C@@H]1NC(=O)CN(Cc2ccccc2)C(=O)CN(Cc2ccccc2)C(=O)[C@H](Cc2c[nH]c3ccccc23)NC1=O. The lowest BCUT2D eigenvalue weighted by Gasteiger charge is -2.32. The number of fused-ring (bicyclic) bond motifs is 1. The maximum absolute atomic E-state index is 14.4. The molecule has 3 aromatic carbocycles. The number of nitrogens with two attached hydrogens (primary N) is 1. The van der Waals surface area contributed by atoms with Crippen molar-refractivity contribution in [2.24, 2.45) is 5.73 Å². The van der Waals surface area contributed by atoms with Crippen molar-refractivity contribution < 1.29 is 19.2 Å². The van der Waals surface area contributed by atoms with Crippen molar-refractivity contribution in [3.63, 3.8) is 0 Å². The first kappa shape index (κ1) is 31.5. The molecular formula is C35H40N6O4. The largest absolute Gasteiger partial charge is 0.361 e. The molecule has 2 heterocycles. The van der Waals surface area contributed by atoms with Gasteiger partial charge in [-0.05, 0) is 48.6 Å². The van der Waals surface area contributed by atoms with E-state index in [0.29, 0.717) is 25.8 Å². The Kier molecular flexibility index (Phi) is 10.6. The lowest BCUT2D eigenvalue weighted by atomic mass is 10.0. The van der Waals surface area contributed by atoms with Gasteiger partial charge in [0, 0.05) is 36.6 Å². The van der Waals surface area contributed by atoms with Gasteiger partial charge in [0.2, 0.25) is 23.6 Å². The zero-order chi connectivity index (χ0) is 31.6. The molecular weight excluding hydrogens is 568 g/mol. The number of nitrogens with zero attached hydrogens (tertiary/aromatic N) is 2. The van der Waals surface area contributed by atoms with E-state index in [0.717, 1.165) is 27.6 Å². The highest BCUT2D eigenvalue weighted by molar-refractivity contribution is 5.96. The average molecular weight is 609 g/mol. The highest BCUT2D eigenvalue weighted by Crippen LogP contribution is 2.21. The summed E-state index contributed by atoms with van der Waals surface area (Å²) in [5.74, 6) is -1.63. The predicted molar refractivity (Wildman–Crippen MR) is 172 cm³/mol. The molecule has 0 aliphatic carbocycles. The van der Waals surface area contributed by atoms with Gasteiger partial charge in [0.25, 0.3) is 0 Å². The number of hydrogen-bond acceptors (Lipinski definition) is 5. The van der Waals surface area contributed by atoms with Gasteiger partial charge in [-0.3, -0.25) is 19.2 Å². The molecule has 2 atom stereocenters. The number of aromatic nitrogens is 1. The maximum Gasteiger partial charge on any atom is 0.246 e. The molecule has 10 heteroatoms. The second kappa shape index (κ2) is 15.2. The number of benzene rings is 3. The van der Waals surface area contributed by atoms with Crippen LogP contribution in [0.3, 0.4) is 0 Å². The van der Waals surface area contributed by atoms with Crippen LogP contribution in [-0.4, -0.2) is 70.1 Å². The summed E-state index contributed by atoms with van der Waals surface area (Å²) >= 11 is 0. The Hall–Kier alpha value is -4.96. The number of carbonyl (C=O) groups excluding carboxylic acids is 4. The molecule has 234 valence electrons. The van der Waals surface area contributed by atoms with Gasteiger partial charge in [-0.2, -0.15) is 0 Å². The van der Waals surface area contributed by atoms with Crippen LogP contribution in [0, 0.1) is 0 Å². The van der Waals surface area contributed by atoms with Crippen molar-refractivity contribution in [3.8, 4) is 0 Å². The van der Waals surface area contributed by atoms with Crippen molar-refractivity contribution in [1.29, 1.82) is 0 Å². The monoisotopic (exact) mass is 608 g/mol. The molecule has 45 heavy (non-hydrogen) atoms. The molecule has 0 bridgehead atoms. The van der Waals surface area contributed by atoms with Crippen LogP contribution in [0.4, 0.5) is 0 Å². The molecule has 0 saturated carbocycles. The van der Waals surface area contributed by atoms with E-state index in [1.54, 1.807) is 0 Å². The number of H-pyrrole nitrogens is 1. The van der Waals surface area contributed by atoms with Crippen molar-refractivity contribution >= 4 is 34.5 Å². The van der Waals surface area contributed by atoms with Crippen molar-refractivity contribution in [2.45, 2.75) is 50.9 Å². The molecule has 4 amide bonds. The van der Waals surface area contributed by atoms with Crippen LogP contribution < -0.4 is 16.4 Å². The van der Waals surface area contributed by atoms with Crippen LogP contribution in [0.1, 0.15) is 36.0 Å². The van der Waals surface area contributed by atoms with Gasteiger partial charge >= 0.3 is 0 Å². The number of para-hydroxylation sites is 1. The second-order valence-corrected chi connectivity index (χ2v) is 11.4. The van der Waals surface area contributed by atoms with E-state index in [1.165, 1.54) is 9.80 Å². The van der Waals surface area contributed by atoms with Crippen molar-refractivity contribution in [1.82, 2.24) is 25.4 Å². The predicted octanol–water partition coefficient (Wildman–Crippen LogP) is 2.88. The van der Waals surface area contributed by atoms with Gasteiger partial charge in [-0.1, -0.05) is 78.9 Å². The van der Waals surface area contributed by atoms with Gasteiger partial charge in [-0.25, -0.2) is 0 Å². The van der Waals surface area contributed by atoms with Gasteiger partial charge < -0.3 is 31.2 Å². The highest BCUT2D eigenvalue weighted by atomic mass is 16.2. The fourth-order valence-corrected chi connectivity index (χ4v) is 5.70. The molecule has 4 aromatic rings. The Labute approximate surface area is 263 Å². The van der Waals surface area contributed by atoms with Gasteiger partial charge in [0.05, 0.1) is 6.54 Å². The van der Waals surface area contributed by atoms with E-state index in [1.807, 2.05) is 91.1 Å². The summed E-state index contributed by atoms with van der Waals surface area (Å²) in [5.41, 5.74) is 9.17.